The lowest BCUT2D eigenvalue weighted by Gasteiger charge is -2.62. The van der Waals surface area contributed by atoms with E-state index in [0.29, 0.717) is 47.9 Å². The molecule has 7 aliphatic rings. The molecule has 3 aromatic carbocycles. The molecule has 4 bridgehead atoms. The first-order valence-corrected chi connectivity index (χ1v) is 19.6. The maximum atomic E-state index is 14.8. The van der Waals surface area contributed by atoms with Crippen molar-refractivity contribution in [3.63, 3.8) is 0 Å². The van der Waals surface area contributed by atoms with Crippen molar-refractivity contribution in [2.75, 3.05) is 53.6 Å². The normalized spacial score (nSPS) is 28.9. The molecule has 55 heavy (non-hydrogen) atoms. The third kappa shape index (κ3) is 4.92. The molecule has 0 radical (unpaired) electrons. The van der Waals surface area contributed by atoms with Gasteiger partial charge in [-0.05, 0) is 68.1 Å². The molecule has 7 heterocycles. The number of likely N-dealkylation sites (N-methyl/N-ethyl adjacent to an activating group) is 1. The zero-order valence-corrected chi connectivity index (χ0v) is 32.2. The van der Waals surface area contributed by atoms with Crippen LogP contribution >= 0.6 is 11.8 Å². The van der Waals surface area contributed by atoms with Crippen LogP contribution in [0.15, 0.2) is 30.9 Å². The monoisotopic (exact) mass is 768 g/mol. The number of carbonyl (C=O) groups excluding carboxylic acids is 1. The van der Waals surface area contributed by atoms with E-state index in [9.17, 15) is 20.3 Å². The number of carbonyl (C=O) groups is 1. The van der Waals surface area contributed by atoms with Crippen LogP contribution in [0.3, 0.4) is 0 Å². The van der Waals surface area contributed by atoms with Crippen LogP contribution < -0.4 is 29.0 Å². The topological polar surface area (TPSA) is 155 Å². The number of benzene rings is 3. The molecule has 0 amide bonds. The number of methoxy groups -OCH3 is 2. The number of piperazine rings is 1. The van der Waals surface area contributed by atoms with Crippen molar-refractivity contribution in [2.45, 2.75) is 67.7 Å². The minimum absolute atomic E-state index is 0.00199. The summed E-state index contributed by atoms with van der Waals surface area (Å²) in [6.07, 6.45) is 2.82. The van der Waals surface area contributed by atoms with Crippen molar-refractivity contribution in [3.05, 3.63) is 75.4 Å². The van der Waals surface area contributed by atoms with Crippen molar-refractivity contribution in [2.24, 2.45) is 0 Å². The van der Waals surface area contributed by atoms with Gasteiger partial charge in [0.2, 0.25) is 6.79 Å². The van der Waals surface area contributed by atoms with Crippen molar-refractivity contribution in [3.8, 4) is 46.3 Å². The molecule has 14 heteroatoms. The summed E-state index contributed by atoms with van der Waals surface area (Å²) in [5, 5.41) is 37.1. The number of aryl methyl sites for hydroxylation is 1. The molecule has 3 N–H and O–H groups in total. The highest BCUT2D eigenvalue weighted by Crippen LogP contribution is 2.64. The quantitative estimate of drug-likeness (QED) is 0.244. The third-order valence-electron chi connectivity index (χ3n) is 12.5. The summed E-state index contributed by atoms with van der Waals surface area (Å²) >= 11 is 1.57. The second kappa shape index (κ2) is 13.2. The van der Waals surface area contributed by atoms with E-state index in [0.717, 1.165) is 38.9 Å². The fraction of sp³-hybridized carbons (Fsp3) is 0.463. The maximum absolute atomic E-state index is 14.8. The van der Waals surface area contributed by atoms with E-state index in [-0.39, 0.29) is 49.0 Å². The summed E-state index contributed by atoms with van der Waals surface area (Å²) in [6.45, 7) is 8.42. The summed E-state index contributed by atoms with van der Waals surface area (Å²) in [5.74, 6) is 2.26. The standard InChI is InChI=1S/C41H44N4O9S/c1-7-10-51-36-20(3)37-38(54-18-53-37)30-26-16-52-40(48)41(23-14-28(49-5)27(46)13-21(23)8-9-43-41)17-55-39(31(30)36)33-32-29-22(11-19(2)35(50-6)34(29)47)12-24(44(32)4)25(15-42)45(26)33/h7,11,13-14,24-26,32-33,39,43,46-47H,1,8-10,12,16-18H2,2-6H3/t24-,25-,26+,32+,33?,39+,41+/m0/s1. The molecular formula is C41H44N4O9S. The molecule has 3 aromatic rings. The van der Waals surface area contributed by atoms with Crippen molar-refractivity contribution in [1.82, 2.24) is 15.1 Å². The average Bonchev–Trinajstić information content (AvgIpc) is 3.67. The minimum Gasteiger partial charge on any atom is -0.504 e. The zero-order chi connectivity index (χ0) is 38.5. The number of fused-ring (bicyclic) bond motifs is 9. The fourth-order valence-electron chi connectivity index (χ4n) is 10.2. The number of nitriles is 1. The van der Waals surface area contributed by atoms with Gasteiger partial charge in [-0.25, -0.2) is 4.79 Å². The van der Waals surface area contributed by atoms with Crippen LogP contribution in [0.1, 0.15) is 61.8 Å². The highest BCUT2D eigenvalue weighted by atomic mass is 32.2. The molecule has 13 nitrogen and oxygen atoms in total. The molecule has 7 atom stereocenters. The largest absolute Gasteiger partial charge is 0.504 e. The summed E-state index contributed by atoms with van der Waals surface area (Å²) in [7, 11) is 5.08. The highest BCUT2D eigenvalue weighted by Gasteiger charge is 2.61. The Kier molecular flexibility index (Phi) is 8.58. The smallest absolute Gasteiger partial charge is 0.331 e. The number of aromatic hydroxyl groups is 2. The lowest BCUT2D eigenvalue weighted by atomic mass is 9.71. The second-order valence-electron chi connectivity index (χ2n) is 15.1. The number of thioether (sulfide) groups is 1. The van der Waals surface area contributed by atoms with Gasteiger partial charge in [0.15, 0.2) is 40.0 Å². The Morgan fingerprint density at radius 2 is 1.89 bits per heavy atom. The van der Waals surface area contributed by atoms with Crippen LogP contribution in [0.2, 0.25) is 0 Å². The van der Waals surface area contributed by atoms with Gasteiger partial charge in [0.25, 0.3) is 0 Å². The van der Waals surface area contributed by atoms with Crippen molar-refractivity contribution < 1.29 is 43.4 Å². The average molecular weight is 769 g/mol. The summed E-state index contributed by atoms with van der Waals surface area (Å²) in [5.41, 5.74) is 5.18. The van der Waals surface area contributed by atoms with Gasteiger partial charge in [-0.3, -0.25) is 15.1 Å². The number of esters is 1. The van der Waals surface area contributed by atoms with Gasteiger partial charge in [-0.1, -0.05) is 18.7 Å². The summed E-state index contributed by atoms with van der Waals surface area (Å²) in [6, 6.07) is 5.78. The van der Waals surface area contributed by atoms with Crippen LogP contribution in [-0.4, -0.2) is 97.7 Å². The van der Waals surface area contributed by atoms with Gasteiger partial charge in [0.1, 0.15) is 25.0 Å². The molecule has 1 spiro atoms. The Labute approximate surface area is 323 Å². The molecule has 7 aliphatic heterocycles. The SMILES string of the molecule is C=CCOc1c(C)c2c(c3c1[C@H]1SC[C@]4(NCCc5cc(O)c(OC)cc54)C(=O)OC[C@H]3N3C1[C@H]1c4c(cc(C)c(OC)c4O)C[C@@H]([C@@H]3C#N)N1C)OCO2. The Balaban J connectivity index is 1.33. The number of hydrogen-bond donors (Lipinski definition) is 3. The lowest BCUT2D eigenvalue weighted by Crippen LogP contribution is -2.69. The molecule has 0 saturated carbocycles. The van der Waals surface area contributed by atoms with Crippen LogP contribution in [0, 0.1) is 25.2 Å². The minimum atomic E-state index is -1.31. The Morgan fingerprint density at radius 1 is 1.09 bits per heavy atom. The lowest BCUT2D eigenvalue weighted by molar-refractivity contribution is -0.157. The predicted octanol–water partition coefficient (Wildman–Crippen LogP) is 4.63. The second-order valence-corrected chi connectivity index (χ2v) is 16.2. The molecule has 1 unspecified atom stereocenters. The van der Waals surface area contributed by atoms with Crippen LogP contribution in [0.4, 0.5) is 0 Å². The van der Waals surface area contributed by atoms with Crippen molar-refractivity contribution >= 4 is 17.7 Å². The number of hydrogen-bond acceptors (Lipinski definition) is 14. The number of phenols is 2. The number of nitrogens with zero attached hydrogens (tertiary/aromatic N) is 3. The Hall–Kier alpha value is -4.81. The van der Waals surface area contributed by atoms with E-state index >= 15 is 0 Å². The van der Waals surface area contributed by atoms with Crippen LogP contribution in [-0.2, 0) is 27.9 Å². The van der Waals surface area contributed by atoms with E-state index in [1.807, 2.05) is 20.9 Å². The Bertz CT molecular complexity index is 2190. The molecule has 288 valence electrons. The number of phenolic OH excluding ortho intramolecular Hbond substituents is 2. The first kappa shape index (κ1) is 35.9. The summed E-state index contributed by atoms with van der Waals surface area (Å²) < 4.78 is 36.8. The first-order valence-electron chi connectivity index (χ1n) is 18.5. The number of ether oxygens (including phenoxy) is 6. The maximum Gasteiger partial charge on any atom is 0.331 e. The molecule has 2 saturated heterocycles. The molecule has 0 aliphatic carbocycles. The van der Waals surface area contributed by atoms with Crippen LogP contribution in [0.5, 0.6) is 40.2 Å². The van der Waals surface area contributed by atoms with E-state index in [2.05, 4.69) is 33.8 Å². The van der Waals surface area contributed by atoms with Gasteiger partial charge in [-0.2, -0.15) is 5.26 Å². The van der Waals surface area contributed by atoms with Gasteiger partial charge in [0.05, 0.1) is 37.6 Å². The van der Waals surface area contributed by atoms with Crippen LogP contribution in [0.25, 0.3) is 0 Å². The zero-order valence-electron chi connectivity index (χ0n) is 31.4. The van der Waals surface area contributed by atoms with E-state index < -0.39 is 40.9 Å². The highest BCUT2D eigenvalue weighted by molar-refractivity contribution is 7.99. The van der Waals surface area contributed by atoms with Gasteiger partial charge in [0, 0.05) is 46.6 Å². The van der Waals surface area contributed by atoms with Gasteiger partial charge >= 0.3 is 5.97 Å². The third-order valence-corrected chi connectivity index (χ3v) is 14.0. The number of nitrogens with one attached hydrogen (secondary N) is 1. The number of rotatable bonds is 5. The Morgan fingerprint density at radius 3 is 2.64 bits per heavy atom. The van der Waals surface area contributed by atoms with E-state index in [1.54, 1.807) is 37.1 Å². The van der Waals surface area contributed by atoms with Crippen molar-refractivity contribution in [1.29, 1.82) is 5.26 Å². The first-order chi connectivity index (χ1) is 26.6. The van der Waals surface area contributed by atoms with Gasteiger partial charge < -0.3 is 38.6 Å². The predicted molar refractivity (Wildman–Crippen MR) is 202 cm³/mol. The fourth-order valence-corrected chi connectivity index (χ4v) is 11.9. The van der Waals surface area contributed by atoms with E-state index in [4.69, 9.17) is 28.4 Å². The molecule has 10 rings (SSSR count). The molecular weight excluding hydrogens is 725 g/mol. The molecule has 0 aromatic heterocycles. The van der Waals surface area contributed by atoms with Gasteiger partial charge in [-0.15, -0.1) is 11.8 Å². The summed E-state index contributed by atoms with van der Waals surface area (Å²) in [4.78, 5) is 19.2. The van der Waals surface area contributed by atoms with E-state index in [1.165, 1.54) is 7.11 Å². The molecule has 2 fully saturated rings.